The number of anilines is 2. The first kappa shape index (κ1) is 20.4. The van der Waals surface area contributed by atoms with Crippen molar-refractivity contribution < 1.29 is 19.2 Å². The second-order valence-corrected chi connectivity index (χ2v) is 6.74. The second-order valence-electron chi connectivity index (χ2n) is 5.71. The Morgan fingerprint density at radius 1 is 0.741 bits per heavy atom. The number of nitrogens with two attached hydrogens (primary N) is 2. The molecule has 140 valence electrons. The quantitative estimate of drug-likeness (QED) is 0.345. The molecule has 8 N–H and O–H groups in total. The molecule has 8 heteroatoms. The fourth-order valence-electron chi connectivity index (χ4n) is 2.44. The van der Waals surface area contributed by atoms with Crippen LogP contribution in [0.4, 0.5) is 11.4 Å². The van der Waals surface area contributed by atoms with Gasteiger partial charge in [0.05, 0.1) is 5.71 Å². The Morgan fingerprint density at radius 2 is 1.07 bits per heavy atom. The fraction of sp³-hybridized carbons (Fsp3) is 0. The SMILES string of the molecule is N=C1C=CC(=C(c2ccc(N)cc2)c2ccc(N)cc2)C=C1.O=P(O)(O)O. The summed E-state index contributed by atoms with van der Waals surface area (Å²) in [5, 5.41) is 7.66. The van der Waals surface area contributed by atoms with Crippen LogP contribution in [0.1, 0.15) is 11.1 Å². The Morgan fingerprint density at radius 3 is 1.41 bits per heavy atom. The standard InChI is InChI=1S/C19H17N3.H3O4P/c20-16-7-1-13(2-8-16)19(14-3-9-17(21)10-4-14)15-5-11-18(22)12-6-15;1-5(2,3)4/h1-12,20H,21-22H2;(H3,1,2,3,4). The van der Waals surface area contributed by atoms with Crippen LogP contribution in [0.3, 0.4) is 0 Å². The van der Waals surface area contributed by atoms with Crippen LogP contribution in [-0.2, 0) is 4.57 Å². The van der Waals surface area contributed by atoms with Gasteiger partial charge in [-0.1, -0.05) is 36.4 Å². The third kappa shape index (κ3) is 6.69. The highest BCUT2D eigenvalue weighted by molar-refractivity contribution is 7.45. The van der Waals surface area contributed by atoms with Crippen LogP contribution >= 0.6 is 7.82 Å². The molecule has 0 aliphatic heterocycles. The Hall–Kier alpha value is -2.96. The molecule has 0 spiro atoms. The van der Waals surface area contributed by atoms with Gasteiger partial charge in [0, 0.05) is 11.4 Å². The van der Waals surface area contributed by atoms with E-state index >= 15 is 0 Å². The van der Waals surface area contributed by atoms with Crippen LogP contribution < -0.4 is 11.5 Å². The minimum Gasteiger partial charge on any atom is -0.399 e. The highest BCUT2D eigenvalue weighted by Crippen LogP contribution is 2.30. The first-order chi connectivity index (χ1) is 12.6. The van der Waals surface area contributed by atoms with Crippen molar-refractivity contribution in [1.29, 1.82) is 5.41 Å². The zero-order valence-electron chi connectivity index (χ0n) is 14.3. The number of hydrogen-bond donors (Lipinski definition) is 6. The predicted molar refractivity (Wildman–Crippen MR) is 108 cm³/mol. The van der Waals surface area contributed by atoms with Gasteiger partial charge in [-0.05, 0) is 58.7 Å². The monoisotopic (exact) mass is 385 g/mol. The van der Waals surface area contributed by atoms with Crippen LogP contribution in [0.25, 0.3) is 5.57 Å². The van der Waals surface area contributed by atoms with E-state index in [1.54, 1.807) is 12.2 Å². The lowest BCUT2D eigenvalue weighted by Gasteiger charge is -2.14. The van der Waals surface area contributed by atoms with Gasteiger partial charge < -0.3 is 31.6 Å². The van der Waals surface area contributed by atoms with Crippen molar-refractivity contribution in [2.75, 3.05) is 11.5 Å². The van der Waals surface area contributed by atoms with E-state index in [0.717, 1.165) is 33.6 Å². The molecule has 2 aromatic rings. The summed E-state index contributed by atoms with van der Waals surface area (Å²) >= 11 is 0. The van der Waals surface area contributed by atoms with E-state index < -0.39 is 7.82 Å². The molecule has 0 atom stereocenters. The predicted octanol–water partition coefficient (Wildman–Crippen LogP) is 2.87. The largest absolute Gasteiger partial charge is 0.466 e. The molecule has 1 aliphatic rings. The van der Waals surface area contributed by atoms with E-state index in [1.807, 2.05) is 60.7 Å². The van der Waals surface area contributed by atoms with Crippen molar-refractivity contribution in [1.82, 2.24) is 0 Å². The van der Waals surface area contributed by atoms with Crippen molar-refractivity contribution >= 4 is 30.5 Å². The third-order valence-corrected chi connectivity index (χ3v) is 3.57. The van der Waals surface area contributed by atoms with Gasteiger partial charge in [0.2, 0.25) is 0 Å². The number of nitrogens with one attached hydrogen (secondary N) is 1. The average Bonchev–Trinajstić information content (AvgIpc) is 2.59. The van der Waals surface area contributed by atoms with Crippen molar-refractivity contribution in [3.05, 3.63) is 89.5 Å². The molecule has 0 radical (unpaired) electrons. The summed E-state index contributed by atoms with van der Waals surface area (Å²) in [6, 6.07) is 15.6. The normalized spacial score (nSPS) is 13.1. The van der Waals surface area contributed by atoms with Crippen LogP contribution in [0.2, 0.25) is 0 Å². The second kappa shape index (κ2) is 8.62. The van der Waals surface area contributed by atoms with Gasteiger partial charge in [-0.15, -0.1) is 0 Å². The molecule has 0 heterocycles. The number of allylic oxidation sites excluding steroid dienone is 5. The summed E-state index contributed by atoms with van der Waals surface area (Å²) in [6.07, 6.45) is 7.52. The molecule has 7 nitrogen and oxygen atoms in total. The molecule has 0 aromatic heterocycles. The Balaban J connectivity index is 0.000000465. The Bertz CT molecular complexity index is 882. The molecule has 3 rings (SSSR count). The van der Waals surface area contributed by atoms with Crippen molar-refractivity contribution in [2.45, 2.75) is 0 Å². The van der Waals surface area contributed by atoms with Gasteiger partial charge in [-0.3, -0.25) is 0 Å². The molecule has 0 saturated heterocycles. The van der Waals surface area contributed by atoms with Gasteiger partial charge in [0.25, 0.3) is 0 Å². The average molecular weight is 385 g/mol. The maximum absolute atomic E-state index is 8.88. The number of hydrogen-bond acceptors (Lipinski definition) is 4. The van der Waals surface area contributed by atoms with Crippen LogP contribution in [0.15, 0.2) is 78.4 Å². The number of benzene rings is 2. The topological polar surface area (TPSA) is 154 Å². The summed E-state index contributed by atoms with van der Waals surface area (Å²) in [4.78, 5) is 21.6. The van der Waals surface area contributed by atoms with E-state index in [9.17, 15) is 0 Å². The lowest BCUT2D eigenvalue weighted by molar-refractivity contribution is 0.275. The van der Waals surface area contributed by atoms with Gasteiger partial charge in [0.15, 0.2) is 0 Å². The summed E-state index contributed by atoms with van der Waals surface area (Å²) < 4.78 is 8.88. The van der Waals surface area contributed by atoms with E-state index in [2.05, 4.69) is 0 Å². The van der Waals surface area contributed by atoms with Gasteiger partial charge >= 0.3 is 7.82 Å². The number of nitrogen functional groups attached to an aromatic ring is 2. The molecule has 2 aromatic carbocycles. The van der Waals surface area contributed by atoms with Gasteiger partial charge in [-0.2, -0.15) is 0 Å². The van der Waals surface area contributed by atoms with Crippen molar-refractivity contribution in [3.63, 3.8) is 0 Å². The maximum atomic E-state index is 8.88. The highest BCUT2D eigenvalue weighted by Gasteiger charge is 2.11. The minimum absolute atomic E-state index is 0.498. The van der Waals surface area contributed by atoms with Gasteiger partial charge in [0.1, 0.15) is 0 Å². The maximum Gasteiger partial charge on any atom is 0.466 e. The van der Waals surface area contributed by atoms with E-state index in [4.69, 9.17) is 36.1 Å². The number of phosphoric acid groups is 1. The highest BCUT2D eigenvalue weighted by atomic mass is 31.2. The third-order valence-electron chi connectivity index (χ3n) is 3.57. The van der Waals surface area contributed by atoms with E-state index in [-0.39, 0.29) is 0 Å². The first-order valence-electron chi connectivity index (χ1n) is 7.82. The molecule has 0 unspecified atom stereocenters. The summed E-state index contributed by atoms with van der Waals surface area (Å²) in [5.41, 5.74) is 17.9. The summed E-state index contributed by atoms with van der Waals surface area (Å²) in [6.45, 7) is 0. The molecule has 1 aliphatic carbocycles. The van der Waals surface area contributed by atoms with Crippen molar-refractivity contribution in [2.24, 2.45) is 0 Å². The van der Waals surface area contributed by atoms with Crippen LogP contribution in [0, 0.1) is 5.41 Å². The molecule has 0 amide bonds. The molecular weight excluding hydrogens is 365 g/mol. The minimum atomic E-state index is -4.64. The van der Waals surface area contributed by atoms with Crippen molar-refractivity contribution in [3.8, 4) is 0 Å². The Kier molecular flexibility index (Phi) is 6.50. The molecular formula is C19H20N3O4P. The zero-order chi connectivity index (χ0) is 20.0. The van der Waals surface area contributed by atoms with Crippen LogP contribution in [0.5, 0.6) is 0 Å². The molecule has 0 fully saturated rings. The zero-order valence-corrected chi connectivity index (χ0v) is 15.2. The van der Waals surface area contributed by atoms with E-state index in [0.29, 0.717) is 5.71 Å². The summed E-state index contributed by atoms with van der Waals surface area (Å²) in [5.74, 6) is 0. The lowest BCUT2D eigenvalue weighted by Crippen LogP contribution is -1.97. The van der Waals surface area contributed by atoms with Crippen LogP contribution in [-0.4, -0.2) is 20.4 Å². The molecule has 0 bridgehead atoms. The fourth-order valence-corrected chi connectivity index (χ4v) is 2.44. The Labute approximate surface area is 156 Å². The summed E-state index contributed by atoms with van der Waals surface area (Å²) in [7, 11) is -4.64. The smallest absolute Gasteiger partial charge is 0.399 e. The first-order valence-corrected chi connectivity index (χ1v) is 9.39. The van der Waals surface area contributed by atoms with E-state index in [1.165, 1.54) is 0 Å². The lowest BCUT2D eigenvalue weighted by atomic mass is 9.90. The molecule has 27 heavy (non-hydrogen) atoms. The number of rotatable bonds is 2. The van der Waals surface area contributed by atoms with Gasteiger partial charge in [-0.25, -0.2) is 4.57 Å². The molecule has 0 saturated carbocycles.